The van der Waals surface area contributed by atoms with Crippen molar-refractivity contribution in [1.29, 1.82) is 0 Å². The first-order valence-corrected chi connectivity index (χ1v) is 8.58. The number of amides is 1. The van der Waals surface area contributed by atoms with Gasteiger partial charge in [-0.3, -0.25) is 4.79 Å². The van der Waals surface area contributed by atoms with Crippen LogP contribution in [-0.4, -0.2) is 50.7 Å². The van der Waals surface area contributed by atoms with E-state index in [0.29, 0.717) is 0 Å². The summed E-state index contributed by atoms with van der Waals surface area (Å²) in [6, 6.07) is 3.16. The maximum absolute atomic E-state index is 13.2. The quantitative estimate of drug-likeness (QED) is 0.551. The van der Waals surface area contributed by atoms with Crippen LogP contribution in [-0.2, 0) is 11.0 Å². The molecule has 0 aliphatic carbocycles. The minimum atomic E-state index is -4.58. The van der Waals surface area contributed by atoms with Crippen LogP contribution in [0.5, 0.6) is 5.75 Å². The molecule has 1 fully saturated rings. The third-order valence-electron chi connectivity index (χ3n) is 3.90. The molecule has 29 heavy (non-hydrogen) atoms. The van der Waals surface area contributed by atoms with Crippen LogP contribution < -0.4 is 4.74 Å². The van der Waals surface area contributed by atoms with Crippen LogP contribution in [0.2, 0.25) is 0 Å². The van der Waals surface area contributed by atoms with Gasteiger partial charge in [0.05, 0.1) is 24.8 Å². The number of hydrogen-bond acceptors (Lipinski definition) is 4. The monoisotopic (exact) mass is 416 g/mol. The highest BCUT2D eigenvalue weighted by Gasteiger charge is 2.45. The summed E-state index contributed by atoms with van der Waals surface area (Å²) in [5, 5.41) is 4.00. The van der Waals surface area contributed by atoms with Gasteiger partial charge in [-0.2, -0.15) is 13.2 Å². The highest BCUT2D eigenvalue weighted by atomic mass is 19.4. The molecule has 0 atom stereocenters. The molecule has 0 unspecified atom stereocenters. The third kappa shape index (κ3) is 5.09. The van der Waals surface area contributed by atoms with Gasteiger partial charge in [-0.25, -0.2) is 18.4 Å². The Bertz CT molecular complexity index is 929. The van der Waals surface area contributed by atoms with E-state index in [-0.39, 0.29) is 23.2 Å². The molecule has 0 N–H and O–H groups in total. The molecular weight excluding hydrogens is 399 g/mol. The summed E-state index contributed by atoms with van der Waals surface area (Å²) in [5.74, 6) is -3.49. The fourth-order valence-corrected chi connectivity index (χ4v) is 2.62. The number of likely N-dealkylation sites (tertiary alicyclic amines) is 1. The Balaban J connectivity index is 1.80. The van der Waals surface area contributed by atoms with Crippen LogP contribution in [0.25, 0.3) is 17.6 Å². The Hall–Kier alpha value is -2.98. The molecule has 156 valence electrons. The van der Waals surface area contributed by atoms with E-state index < -0.39 is 36.7 Å². The summed E-state index contributed by atoms with van der Waals surface area (Å²) in [7, 11) is 0. The predicted octanol–water partition coefficient (Wildman–Crippen LogP) is 3.70. The number of rotatable bonds is 5. The molecule has 1 aromatic heterocycles. The van der Waals surface area contributed by atoms with Crippen LogP contribution in [0.3, 0.4) is 0 Å². The molecule has 0 saturated carbocycles. The molecule has 3 rings (SSSR count). The number of alkyl halides is 5. The minimum absolute atomic E-state index is 0.0164. The maximum atomic E-state index is 13.2. The van der Waals surface area contributed by atoms with Gasteiger partial charge < -0.3 is 9.64 Å². The number of ether oxygens (including phenoxy) is 1. The van der Waals surface area contributed by atoms with Gasteiger partial charge in [0.2, 0.25) is 5.91 Å². The van der Waals surface area contributed by atoms with E-state index in [1.807, 2.05) is 0 Å². The van der Waals surface area contributed by atoms with Crippen LogP contribution >= 0.6 is 0 Å². The van der Waals surface area contributed by atoms with Crippen molar-refractivity contribution < 1.29 is 31.5 Å². The van der Waals surface area contributed by atoms with Crippen LogP contribution in [0, 0.1) is 0 Å². The fraction of sp³-hybridized carbons (Fsp3) is 0.389. The van der Waals surface area contributed by atoms with E-state index in [9.17, 15) is 26.7 Å². The predicted molar refractivity (Wildman–Crippen MR) is 93.1 cm³/mol. The molecule has 0 spiro atoms. The molecule has 1 saturated heterocycles. The topological polar surface area (TPSA) is 60.3 Å². The van der Waals surface area contributed by atoms with Gasteiger partial charge in [0.25, 0.3) is 5.92 Å². The zero-order valence-corrected chi connectivity index (χ0v) is 15.5. The Morgan fingerprint density at radius 1 is 1.24 bits per heavy atom. The molecule has 0 bridgehead atoms. The zero-order chi connectivity index (χ0) is 21.4. The Labute approximate surface area is 162 Å². The van der Waals surface area contributed by atoms with Crippen molar-refractivity contribution in [3.05, 3.63) is 36.2 Å². The summed E-state index contributed by atoms with van der Waals surface area (Å²) in [4.78, 5) is 16.7. The fourth-order valence-electron chi connectivity index (χ4n) is 2.62. The van der Waals surface area contributed by atoms with Crippen molar-refractivity contribution in [2.45, 2.75) is 32.1 Å². The van der Waals surface area contributed by atoms with E-state index in [4.69, 9.17) is 4.74 Å². The second kappa shape index (κ2) is 7.45. The number of carbonyl (C=O) groups excluding carboxylic acids is 1. The lowest BCUT2D eigenvalue weighted by Gasteiger charge is -2.37. The second-order valence-electron chi connectivity index (χ2n) is 6.82. The van der Waals surface area contributed by atoms with Crippen LogP contribution in [0.15, 0.2) is 30.6 Å². The Morgan fingerprint density at radius 2 is 1.93 bits per heavy atom. The second-order valence-corrected chi connectivity index (χ2v) is 6.82. The van der Waals surface area contributed by atoms with Gasteiger partial charge in [-0.05, 0) is 32.0 Å². The molecule has 2 aromatic rings. The lowest BCUT2D eigenvalue weighted by Crippen LogP contribution is -2.58. The van der Waals surface area contributed by atoms with Crippen molar-refractivity contribution in [2.75, 3.05) is 13.1 Å². The lowest BCUT2D eigenvalue weighted by molar-refractivity contribution is -0.160. The standard InChI is InChI=1S/C18H17F5N4O2/c1-11(2)29-14-6-12(5-13(7-14)18(21,22)23)16-24-10-27(25-16)4-3-15(28)26-8-17(19,20)9-26/h3-7,10-11H,8-9H2,1-2H3. The first-order chi connectivity index (χ1) is 13.4. The largest absolute Gasteiger partial charge is 0.491 e. The van der Waals surface area contributed by atoms with Gasteiger partial charge >= 0.3 is 6.18 Å². The van der Waals surface area contributed by atoms with Crippen molar-refractivity contribution in [2.24, 2.45) is 0 Å². The molecular formula is C18H17F5N4O2. The molecule has 1 amide bonds. The van der Waals surface area contributed by atoms with Gasteiger partial charge in [-0.1, -0.05) is 0 Å². The maximum Gasteiger partial charge on any atom is 0.416 e. The van der Waals surface area contributed by atoms with Gasteiger partial charge in [0, 0.05) is 17.8 Å². The summed E-state index contributed by atoms with van der Waals surface area (Å²) < 4.78 is 71.6. The van der Waals surface area contributed by atoms with E-state index in [2.05, 4.69) is 10.1 Å². The van der Waals surface area contributed by atoms with E-state index in [1.54, 1.807) is 13.8 Å². The van der Waals surface area contributed by atoms with Gasteiger partial charge in [0.15, 0.2) is 5.82 Å². The number of benzene rings is 1. The van der Waals surface area contributed by atoms with Gasteiger partial charge in [0.1, 0.15) is 12.1 Å². The average molecular weight is 416 g/mol. The van der Waals surface area contributed by atoms with Crippen LogP contribution in [0.1, 0.15) is 19.4 Å². The molecule has 6 nitrogen and oxygen atoms in total. The third-order valence-corrected chi connectivity index (χ3v) is 3.90. The summed E-state index contributed by atoms with van der Waals surface area (Å²) >= 11 is 0. The number of halogens is 5. The molecule has 11 heteroatoms. The van der Waals surface area contributed by atoms with Crippen LogP contribution in [0.4, 0.5) is 22.0 Å². The SMILES string of the molecule is CC(C)Oc1cc(-c2ncn(C=CC(=O)N3CC(F)(F)C3)n2)cc(C(F)(F)F)c1. The Kier molecular flexibility index (Phi) is 5.33. The lowest BCUT2D eigenvalue weighted by atomic mass is 10.1. The highest BCUT2D eigenvalue weighted by molar-refractivity contribution is 5.90. The minimum Gasteiger partial charge on any atom is -0.491 e. The number of carbonyl (C=O) groups is 1. The van der Waals surface area contributed by atoms with E-state index >= 15 is 0 Å². The smallest absolute Gasteiger partial charge is 0.416 e. The summed E-state index contributed by atoms with van der Waals surface area (Å²) in [5.41, 5.74) is -0.831. The first-order valence-electron chi connectivity index (χ1n) is 8.58. The highest BCUT2D eigenvalue weighted by Crippen LogP contribution is 2.35. The molecule has 1 aliphatic rings. The summed E-state index contributed by atoms with van der Waals surface area (Å²) in [6.45, 7) is 2.06. The van der Waals surface area contributed by atoms with Crippen molar-refractivity contribution in [3.63, 3.8) is 0 Å². The molecule has 0 radical (unpaired) electrons. The van der Waals surface area contributed by atoms with E-state index in [1.165, 1.54) is 18.6 Å². The van der Waals surface area contributed by atoms with E-state index in [0.717, 1.165) is 27.8 Å². The summed E-state index contributed by atoms with van der Waals surface area (Å²) in [6.07, 6.45) is -1.51. The van der Waals surface area contributed by atoms with Gasteiger partial charge in [-0.15, -0.1) is 5.10 Å². The van der Waals surface area contributed by atoms with Crippen molar-refractivity contribution >= 4 is 12.1 Å². The molecule has 1 aromatic carbocycles. The Morgan fingerprint density at radius 3 is 2.52 bits per heavy atom. The van der Waals surface area contributed by atoms with Crippen molar-refractivity contribution in [3.8, 4) is 17.1 Å². The average Bonchev–Trinajstić information content (AvgIpc) is 3.05. The number of aromatic nitrogens is 3. The first kappa shape index (κ1) is 20.7. The van der Waals surface area contributed by atoms with Crippen molar-refractivity contribution in [1.82, 2.24) is 19.7 Å². The number of nitrogens with zero attached hydrogens (tertiary/aromatic N) is 4. The number of hydrogen-bond donors (Lipinski definition) is 0. The normalized spacial score (nSPS) is 16.3. The molecule has 2 heterocycles. The zero-order valence-electron chi connectivity index (χ0n) is 15.5. The molecule has 1 aliphatic heterocycles.